The van der Waals surface area contributed by atoms with Crippen molar-refractivity contribution in [2.45, 2.75) is 52.2 Å². The SMILES string of the molecule is CC(=O)OCC(C)(C)OCCC(C)(C)O. The van der Waals surface area contributed by atoms with E-state index in [1.807, 2.05) is 13.8 Å². The van der Waals surface area contributed by atoms with E-state index in [1.54, 1.807) is 13.8 Å². The molecule has 0 unspecified atom stereocenters. The van der Waals surface area contributed by atoms with Gasteiger partial charge in [-0.2, -0.15) is 0 Å². The van der Waals surface area contributed by atoms with Crippen LogP contribution in [-0.2, 0) is 14.3 Å². The molecule has 0 amide bonds. The minimum atomic E-state index is -0.725. The fourth-order valence-corrected chi connectivity index (χ4v) is 0.894. The molecule has 0 atom stereocenters. The van der Waals surface area contributed by atoms with Gasteiger partial charge in [0.15, 0.2) is 0 Å². The van der Waals surface area contributed by atoms with Crippen LogP contribution in [0.4, 0.5) is 0 Å². The summed E-state index contributed by atoms with van der Waals surface area (Å²) in [5.41, 5.74) is -1.23. The lowest BCUT2D eigenvalue weighted by Crippen LogP contribution is -2.33. The van der Waals surface area contributed by atoms with E-state index in [4.69, 9.17) is 9.47 Å². The Kier molecular flexibility index (Phi) is 5.24. The third-order valence-electron chi connectivity index (χ3n) is 1.83. The lowest BCUT2D eigenvalue weighted by Gasteiger charge is -2.26. The summed E-state index contributed by atoms with van der Waals surface area (Å²) in [6.07, 6.45) is 0.552. The Morgan fingerprint density at radius 2 is 1.80 bits per heavy atom. The molecule has 0 aromatic carbocycles. The van der Waals surface area contributed by atoms with E-state index < -0.39 is 11.2 Å². The van der Waals surface area contributed by atoms with Gasteiger partial charge in [0.1, 0.15) is 6.61 Å². The minimum Gasteiger partial charge on any atom is -0.463 e. The number of aliphatic hydroxyl groups is 1. The molecule has 15 heavy (non-hydrogen) atoms. The molecular formula is C11H22O4. The molecule has 0 aromatic heterocycles. The van der Waals surface area contributed by atoms with E-state index in [0.29, 0.717) is 13.0 Å². The molecule has 0 aliphatic heterocycles. The molecule has 0 aliphatic rings. The van der Waals surface area contributed by atoms with E-state index in [1.165, 1.54) is 6.92 Å². The number of hydrogen-bond donors (Lipinski definition) is 1. The highest BCUT2D eigenvalue weighted by Gasteiger charge is 2.21. The summed E-state index contributed by atoms with van der Waals surface area (Å²) >= 11 is 0. The Hall–Kier alpha value is -0.610. The number of ether oxygens (including phenoxy) is 2. The van der Waals surface area contributed by atoms with Crippen molar-refractivity contribution < 1.29 is 19.4 Å². The van der Waals surface area contributed by atoms with Crippen molar-refractivity contribution in [1.82, 2.24) is 0 Å². The van der Waals surface area contributed by atoms with Crippen LogP contribution in [0.15, 0.2) is 0 Å². The third kappa shape index (κ3) is 9.69. The van der Waals surface area contributed by atoms with Crippen molar-refractivity contribution in [3.63, 3.8) is 0 Å². The Morgan fingerprint density at radius 1 is 1.27 bits per heavy atom. The molecule has 0 aromatic rings. The first kappa shape index (κ1) is 14.4. The van der Waals surface area contributed by atoms with Crippen molar-refractivity contribution in [3.05, 3.63) is 0 Å². The van der Waals surface area contributed by atoms with E-state index in [-0.39, 0.29) is 12.6 Å². The van der Waals surface area contributed by atoms with Crippen molar-refractivity contribution in [2.75, 3.05) is 13.2 Å². The largest absolute Gasteiger partial charge is 0.463 e. The molecule has 1 N–H and O–H groups in total. The summed E-state index contributed by atoms with van der Waals surface area (Å²) in [5, 5.41) is 9.47. The van der Waals surface area contributed by atoms with Gasteiger partial charge in [-0.1, -0.05) is 0 Å². The van der Waals surface area contributed by atoms with Gasteiger partial charge in [-0.25, -0.2) is 0 Å². The fraction of sp³-hybridized carbons (Fsp3) is 0.909. The van der Waals surface area contributed by atoms with Crippen LogP contribution in [0.1, 0.15) is 41.0 Å². The maximum Gasteiger partial charge on any atom is 0.302 e. The Labute approximate surface area is 91.6 Å². The molecule has 0 fully saturated rings. The van der Waals surface area contributed by atoms with E-state index in [2.05, 4.69) is 0 Å². The average Bonchev–Trinajstić information content (AvgIpc) is 1.98. The van der Waals surface area contributed by atoms with Gasteiger partial charge >= 0.3 is 5.97 Å². The molecule has 4 heteroatoms. The van der Waals surface area contributed by atoms with Crippen molar-refractivity contribution in [3.8, 4) is 0 Å². The maximum absolute atomic E-state index is 10.6. The van der Waals surface area contributed by atoms with Crippen LogP contribution in [-0.4, -0.2) is 35.5 Å². The minimum absolute atomic E-state index is 0.230. The van der Waals surface area contributed by atoms with Gasteiger partial charge in [-0.3, -0.25) is 4.79 Å². The molecule has 0 heterocycles. The number of hydrogen-bond acceptors (Lipinski definition) is 4. The molecule has 0 saturated carbocycles. The molecule has 0 bridgehead atoms. The van der Waals surface area contributed by atoms with Gasteiger partial charge in [0.25, 0.3) is 0 Å². The highest BCUT2D eigenvalue weighted by Crippen LogP contribution is 2.14. The second kappa shape index (κ2) is 5.47. The highest BCUT2D eigenvalue weighted by molar-refractivity contribution is 5.65. The zero-order valence-corrected chi connectivity index (χ0v) is 10.3. The van der Waals surface area contributed by atoms with Crippen LogP contribution in [0.25, 0.3) is 0 Å². The van der Waals surface area contributed by atoms with Crippen LogP contribution in [0.5, 0.6) is 0 Å². The number of rotatable bonds is 6. The topological polar surface area (TPSA) is 55.8 Å². The van der Waals surface area contributed by atoms with E-state index >= 15 is 0 Å². The first-order valence-corrected chi connectivity index (χ1v) is 5.12. The molecule has 0 radical (unpaired) electrons. The van der Waals surface area contributed by atoms with Crippen LogP contribution in [0.3, 0.4) is 0 Å². The zero-order valence-electron chi connectivity index (χ0n) is 10.3. The summed E-state index contributed by atoms with van der Waals surface area (Å²) in [5.74, 6) is -0.311. The summed E-state index contributed by atoms with van der Waals surface area (Å²) in [4.78, 5) is 10.6. The summed E-state index contributed by atoms with van der Waals surface area (Å²) in [7, 11) is 0. The van der Waals surface area contributed by atoms with Crippen molar-refractivity contribution in [1.29, 1.82) is 0 Å². The maximum atomic E-state index is 10.6. The van der Waals surface area contributed by atoms with Crippen LogP contribution < -0.4 is 0 Å². The summed E-state index contributed by atoms with van der Waals surface area (Å²) < 4.78 is 10.4. The molecular weight excluding hydrogens is 196 g/mol. The van der Waals surface area contributed by atoms with Crippen molar-refractivity contribution >= 4 is 5.97 Å². The molecule has 4 nitrogen and oxygen atoms in total. The second-order valence-electron chi connectivity index (χ2n) is 4.95. The first-order valence-electron chi connectivity index (χ1n) is 5.12. The molecule has 0 spiro atoms. The lowest BCUT2D eigenvalue weighted by atomic mass is 10.1. The normalized spacial score (nSPS) is 12.7. The average molecular weight is 218 g/mol. The lowest BCUT2D eigenvalue weighted by molar-refractivity contribution is -0.151. The second-order valence-corrected chi connectivity index (χ2v) is 4.95. The monoisotopic (exact) mass is 218 g/mol. The Bertz CT molecular complexity index is 203. The Morgan fingerprint density at radius 3 is 2.20 bits per heavy atom. The Balaban J connectivity index is 3.78. The van der Waals surface area contributed by atoms with Gasteiger partial charge in [-0.15, -0.1) is 0 Å². The standard InChI is InChI=1S/C11H22O4/c1-9(12)14-8-11(4,5)15-7-6-10(2,3)13/h13H,6-8H2,1-5H3. The van der Waals surface area contributed by atoms with E-state index in [9.17, 15) is 9.90 Å². The smallest absolute Gasteiger partial charge is 0.302 e. The van der Waals surface area contributed by atoms with Gasteiger partial charge < -0.3 is 14.6 Å². The van der Waals surface area contributed by atoms with E-state index in [0.717, 1.165) is 0 Å². The van der Waals surface area contributed by atoms with Crippen molar-refractivity contribution in [2.24, 2.45) is 0 Å². The predicted octanol–water partition coefficient (Wildman–Crippen LogP) is 1.51. The van der Waals surface area contributed by atoms with Crippen LogP contribution in [0, 0.1) is 0 Å². The van der Waals surface area contributed by atoms with Gasteiger partial charge in [0, 0.05) is 6.92 Å². The van der Waals surface area contributed by atoms with Gasteiger partial charge in [-0.05, 0) is 34.1 Å². The first-order chi connectivity index (χ1) is 6.62. The molecule has 0 saturated heterocycles. The molecule has 90 valence electrons. The molecule has 0 aliphatic carbocycles. The summed E-state index contributed by atoms with van der Waals surface area (Å²) in [6, 6.07) is 0. The van der Waals surface area contributed by atoms with Gasteiger partial charge in [0.05, 0.1) is 17.8 Å². The number of carbonyl (C=O) groups is 1. The third-order valence-corrected chi connectivity index (χ3v) is 1.83. The van der Waals surface area contributed by atoms with Crippen LogP contribution in [0.2, 0.25) is 0 Å². The highest BCUT2D eigenvalue weighted by atomic mass is 16.6. The number of carbonyl (C=O) groups excluding carboxylic acids is 1. The summed E-state index contributed by atoms with van der Waals surface area (Å²) in [6.45, 7) is 9.20. The van der Waals surface area contributed by atoms with Crippen LogP contribution >= 0.6 is 0 Å². The quantitative estimate of drug-likeness (QED) is 0.686. The van der Waals surface area contributed by atoms with Gasteiger partial charge in [0.2, 0.25) is 0 Å². The molecule has 0 rings (SSSR count). The number of esters is 1. The zero-order chi connectivity index (χ0) is 12.1. The predicted molar refractivity (Wildman–Crippen MR) is 57.6 cm³/mol. The fourth-order valence-electron chi connectivity index (χ4n) is 0.894.